The van der Waals surface area contributed by atoms with Crippen LogP contribution in [-0.2, 0) is 5.41 Å². The average Bonchev–Trinajstić information content (AvgIpc) is 2.87. The van der Waals surface area contributed by atoms with Gasteiger partial charge < -0.3 is 9.84 Å². The van der Waals surface area contributed by atoms with Crippen molar-refractivity contribution in [1.29, 1.82) is 0 Å². The van der Waals surface area contributed by atoms with Crippen molar-refractivity contribution < 1.29 is 14.2 Å². The summed E-state index contributed by atoms with van der Waals surface area (Å²) in [6.07, 6.45) is -0.549. The van der Waals surface area contributed by atoms with Gasteiger partial charge in [0, 0.05) is 28.8 Å². The Hall–Kier alpha value is -1.46. The Morgan fingerprint density at radius 1 is 1.38 bits per heavy atom. The van der Waals surface area contributed by atoms with E-state index in [1.807, 2.05) is 5.38 Å². The molecule has 0 spiro atoms. The molecular formula is C16H18FNO2S. The van der Waals surface area contributed by atoms with Crippen LogP contribution in [0.5, 0.6) is 5.75 Å². The van der Waals surface area contributed by atoms with E-state index in [0.717, 1.165) is 10.7 Å². The SMILES string of the molecule is CC(C)(C)c1nc(C2C[C@H](O)c3ccc(F)cc3O2)cs1. The zero-order chi connectivity index (χ0) is 15.2. The largest absolute Gasteiger partial charge is 0.483 e. The number of aromatic nitrogens is 1. The van der Waals surface area contributed by atoms with Gasteiger partial charge in [0.2, 0.25) is 0 Å². The number of nitrogens with zero attached hydrogens (tertiary/aromatic N) is 1. The van der Waals surface area contributed by atoms with Crippen LogP contribution < -0.4 is 4.74 Å². The Balaban J connectivity index is 1.90. The fourth-order valence-corrected chi connectivity index (χ4v) is 3.32. The highest BCUT2D eigenvalue weighted by molar-refractivity contribution is 7.09. The molecule has 0 fully saturated rings. The van der Waals surface area contributed by atoms with E-state index >= 15 is 0 Å². The zero-order valence-corrected chi connectivity index (χ0v) is 13.1. The summed E-state index contributed by atoms with van der Waals surface area (Å²) in [5.41, 5.74) is 1.43. The van der Waals surface area contributed by atoms with Gasteiger partial charge in [-0.05, 0) is 12.1 Å². The first-order valence-electron chi connectivity index (χ1n) is 6.94. The predicted molar refractivity (Wildman–Crippen MR) is 80.2 cm³/mol. The zero-order valence-electron chi connectivity index (χ0n) is 12.3. The summed E-state index contributed by atoms with van der Waals surface area (Å²) >= 11 is 1.59. The average molecular weight is 307 g/mol. The van der Waals surface area contributed by atoms with E-state index in [0.29, 0.717) is 17.7 Å². The second kappa shape index (κ2) is 5.07. The minimum absolute atomic E-state index is 0.0137. The molecule has 0 bridgehead atoms. The van der Waals surface area contributed by atoms with Crippen LogP contribution in [0.4, 0.5) is 4.39 Å². The van der Waals surface area contributed by atoms with Crippen molar-refractivity contribution in [2.45, 2.75) is 44.8 Å². The normalized spacial score (nSPS) is 21.8. The van der Waals surface area contributed by atoms with Crippen LogP contribution in [0.2, 0.25) is 0 Å². The molecule has 3 nitrogen and oxygen atoms in total. The van der Waals surface area contributed by atoms with Crippen LogP contribution in [0.3, 0.4) is 0 Å². The molecule has 2 atom stereocenters. The van der Waals surface area contributed by atoms with Gasteiger partial charge in [0.15, 0.2) is 0 Å². The summed E-state index contributed by atoms with van der Waals surface area (Å²) in [5, 5.41) is 13.2. The van der Waals surface area contributed by atoms with Gasteiger partial charge in [-0.1, -0.05) is 20.8 Å². The summed E-state index contributed by atoms with van der Waals surface area (Å²) in [6.45, 7) is 6.32. The third-order valence-electron chi connectivity index (χ3n) is 3.53. The van der Waals surface area contributed by atoms with Gasteiger partial charge in [-0.25, -0.2) is 9.37 Å². The van der Waals surface area contributed by atoms with Crippen LogP contribution in [0.15, 0.2) is 23.6 Å². The monoisotopic (exact) mass is 307 g/mol. The molecule has 0 aliphatic carbocycles. The standard InChI is InChI=1S/C16H18FNO2S/c1-16(2,3)15-18-11(8-21-15)14-7-12(19)10-5-4-9(17)6-13(10)20-14/h4-6,8,12,14,19H,7H2,1-3H3/t12-,14?/m0/s1. The summed E-state index contributed by atoms with van der Waals surface area (Å²) in [6, 6.07) is 4.24. The van der Waals surface area contributed by atoms with E-state index in [9.17, 15) is 9.50 Å². The number of fused-ring (bicyclic) bond motifs is 1. The number of ether oxygens (including phenoxy) is 1. The molecule has 0 saturated heterocycles. The maximum absolute atomic E-state index is 13.3. The third-order valence-corrected chi connectivity index (χ3v) is 4.82. The summed E-state index contributed by atoms with van der Waals surface area (Å²) in [7, 11) is 0. The Labute approximate surface area is 127 Å². The number of aliphatic hydroxyl groups is 1. The van der Waals surface area contributed by atoms with Crippen LogP contribution in [0.25, 0.3) is 0 Å². The Morgan fingerprint density at radius 3 is 2.81 bits per heavy atom. The number of aliphatic hydroxyl groups excluding tert-OH is 1. The lowest BCUT2D eigenvalue weighted by Crippen LogP contribution is -2.20. The topological polar surface area (TPSA) is 42.4 Å². The highest BCUT2D eigenvalue weighted by atomic mass is 32.1. The Morgan fingerprint density at radius 2 is 2.14 bits per heavy atom. The molecule has 3 rings (SSSR count). The van der Waals surface area contributed by atoms with Crippen LogP contribution >= 0.6 is 11.3 Å². The maximum atomic E-state index is 13.3. The molecule has 1 aliphatic heterocycles. The van der Waals surface area contributed by atoms with Gasteiger partial charge in [-0.3, -0.25) is 0 Å². The minimum Gasteiger partial charge on any atom is -0.483 e. The molecule has 0 saturated carbocycles. The van der Waals surface area contributed by atoms with Gasteiger partial charge in [0.25, 0.3) is 0 Å². The van der Waals surface area contributed by atoms with Crippen molar-refractivity contribution in [1.82, 2.24) is 4.98 Å². The Kier molecular flexibility index (Phi) is 3.50. The summed E-state index contributed by atoms with van der Waals surface area (Å²) in [4.78, 5) is 4.62. The number of hydrogen-bond donors (Lipinski definition) is 1. The quantitative estimate of drug-likeness (QED) is 0.861. The molecular weight excluding hydrogens is 289 g/mol. The van der Waals surface area contributed by atoms with E-state index in [-0.39, 0.29) is 17.3 Å². The summed E-state index contributed by atoms with van der Waals surface area (Å²) < 4.78 is 19.2. The molecule has 1 aromatic heterocycles. The lowest BCUT2D eigenvalue weighted by molar-refractivity contribution is 0.0635. The van der Waals surface area contributed by atoms with Crippen molar-refractivity contribution >= 4 is 11.3 Å². The molecule has 21 heavy (non-hydrogen) atoms. The fraction of sp³-hybridized carbons (Fsp3) is 0.438. The maximum Gasteiger partial charge on any atom is 0.144 e. The molecule has 2 heterocycles. The number of hydrogen-bond acceptors (Lipinski definition) is 4. The molecule has 112 valence electrons. The van der Waals surface area contributed by atoms with E-state index < -0.39 is 6.10 Å². The fourth-order valence-electron chi connectivity index (χ4n) is 2.38. The summed E-state index contributed by atoms with van der Waals surface area (Å²) in [5.74, 6) is 0.0410. The van der Waals surface area contributed by atoms with Crippen molar-refractivity contribution in [3.8, 4) is 5.75 Å². The van der Waals surface area contributed by atoms with E-state index in [1.165, 1.54) is 12.1 Å². The van der Waals surface area contributed by atoms with E-state index in [4.69, 9.17) is 4.74 Å². The van der Waals surface area contributed by atoms with Crippen molar-refractivity contribution in [3.63, 3.8) is 0 Å². The molecule has 5 heteroatoms. The number of rotatable bonds is 1. The van der Waals surface area contributed by atoms with Gasteiger partial charge in [-0.15, -0.1) is 11.3 Å². The highest BCUT2D eigenvalue weighted by Gasteiger charge is 2.30. The second-order valence-corrected chi connectivity index (χ2v) is 7.23. The Bertz CT molecular complexity index is 663. The van der Waals surface area contributed by atoms with Crippen LogP contribution in [0.1, 0.15) is 55.7 Å². The van der Waals surface area contributed by atoms with Gasteiger partial charge >= 0.3 is 0 Å². The van der Waals surface area contributed by atoms with E-state index in [1.54, 1.807) is 17.4 Å². The first-order chi connectivity index (χ1) is 9.84. The highest BCUT2D eigenvalue weighted by Crippen LogP contribution is 2.41. The first kappa shape index (κ1) is 14.5. The molecule has 0 radical (unpaired) electrons. The van der Waals surface area contributed by atoms with Gasteiger partial charge in [0.05, 0.1) is 16.8 Å². The van der Waals surface area contributed by atoms with Crippen molar-refractivity contribution in [3.05, 3.63) is 45.7 Å². The van der Waals surface area contributed by atoms with Gasteiger partial charge in [0.1, 0.15) is 17.7 Å². The minimum atomic E-state index is -0.654. The van der Waals surface area contributed by atoms with Crippen LogP contribution in [0, 0.1) is 5.82 Å². The van der Waals surface area contributed by atoms with E-state index in [2.05, 4.69) is 25.8 Å². The third kappa shape index (κ3) is 2.80. The molecule has 1 N–H and O–H groups in total. The van der Waals surface area contributed by atoms with Crippen molar-refractivity contribution in [2.24, 2.45) is 0 Å². The number of benzene rings is 1. The lowest BCUT2D eigenvalue weighted by Gasteiger charge is -2.28. The molecule has 1 unspecified atom stereocenters. The van der Waals surface area contributed by atoms with Gasteiger partial charge in [-0.2, -0.15) is 0 Å². The van der Waals surface area contributed by atoms with Crippen molar-refractivity contribution in [2.75, 3.05) is 0 Å². The first-order valence-corrected chi connectivity index (χ1v) is 7.82. The lowest BCUT2D eigenvalue weighted by atomic mass is 9.97. The molecule has 0 amide bonds. The predicted octanol–water partition coefficient (Wildman–Crippen LogP) is 4.14. The molecule has 1 aliphatic rings. The van der Waals surface area contributed by atoms with Crippen LogP contribution in [-0.4, -0.2) is 10.1 Å². The molecule has 2 aromatic rings. The second-order valence-electron chi connectivity index (χ2n) is 6.37. The number of halogens is 1. The molecule has 1 aromatic carbocycles. The smallest absolute Gasteiger partial charge is 0.144 e. The number of thiazole rings is 1.